The second-order valence-electron chi connectivity index (χ2n) is 6.37. The molecule has 6 nitrogen and oxygen atoms in total. The first-order chi connectivity index (χ1) is 15.0. The zero-order valence-electron chi connectivity index (χ0n) is 16.6. The number of thioether (sulfide) groups is 1. The van der Waals surface area contributed by atoms with E-state index < -0.39 is 5.97 Å². The molecule has 0 aliphatic carbocycles. The molecule has 0 saturated carbocycles. The number of carbonyl (C=O) groups is 3. The predicted octanol–water partition coefficient (Wildman–Crippen LogP) is 5.11. The molecule has 2 N–H and O–H groups in total. The summed E-state index contributed by atoms with van der Waals surface area (Å²) in [7, 11) is 1.29. The third-order valence-electron chi connectivity index (χ3n) is 4.16. The first kappa shape index (κ1) is 22.4. The van der Waals surface area contributed by atoms with Crippen LogP contribution in [0.2, 0.25) is 5.02 Å². The maximum absolute atomic E-state index is 12.4. The maximum Gasteiger partial charge on any atom is 0.339 e. The van der Waals surface area contributed by atoms with Crippen molar-refractivity contribution in [2.75, 3.05) is 23.5 Å². The summed E-state index contributed by atoms with van der Waals surface area (Å²) >= 11 is 7.24. The molecule has 0 spiro atoms. The monoisotopic (exact) mass is 454 g/mol. The van der Waals surface area contributed by atoms with Gasteiger partial charge in [0.25, 0.3) is 5.91 Å². The van der Waals surface area contributed by atoms with Crippen LogP contribution in [0, 0.1) is 0 Å². The molecule has 0 aliphatic rings. The molecule has 0 radical (unpaired) electrons. The average molecular weight is 455 g/mol. The van der Waals surface area contributed by atoms with Gasteiger partial charge in [-0.05, 0) is 48.5 Å². The summed E-state index contributed by atoms with van der Waals surface area (Å²) in [6.45, 7) is 0. The summed E-state index contributed by atoms with van der Waals surface area (Å²) in [5, 5.41) is 6.03. The molecule has 0 atom stereocenters. The van der Waals surface area contributed by atoms with Gasteiger partial charge in [-0.15, -0.1) is 11.8 Å². The Labute approximate surface area is 188 Å². The van der Waals surface area contributed by atoms with Gasteiger partial charge in [0.15, 0.2) is 0 Å². The Kier molecular flexibility index (Phi) is 7.70. The van der Waals surface area contributed by atoms with Crippen LogP contribution in [0.5, 0.6) is 0 Å². The minimum atomic E-state index is -0.522. The molecule has 158 valence electrons. The minimum Gasteiger partial charge on any atom is -0.465 e. The van der Waals surface area contributed by atoms with E-state index >= 15 is 0 Å². The number of anilines is 2. The number of esters is 1. The SMILES string of the molecule is COC(=O)c1ccccc1NC(=O)CSc1cccc(NC(=O)c2cccc(Cl)c2)c1. The molecule has 3 aromatic carbocycles. The summed E-state index contributed by atoms with van der Waals surface area (Å²) in [6, 6.07) is 20.5. The molecule has 0 aliphatic heterocycles. The lowest BCUT2D eigenvalue weighted by molar-refractivity contribution is -0.113. The van der Waals surface area contributed by atoms with Crippen LogP contribution in [0.4, 0.5) is 11.4 Å². The number of hydrogen-bond acceptors (Lipinski definition) is 5. The molecular formula is C23H19ClN2O4S. The molecule has 31 heavy (non-hydrogen) atoms. The molecule has 3 aromatic rings. The van der Waals surface area contributed by atoms with Crippen molar-refractivity contribution in [3.63, 3.8) is 0 Å². The second-order valence-corrected chi connectivity index (χ2v) is 7.85. The van der Waals surface area contributed by atoms with Gasteiger partial charge in [0, 0.05) is 21.2 Å². The number of methoxy groups -OCH3 is 1. The van der Waals surface area contributed by atoms with Crippen molar-refractivity contribution in [3.05, 3.63) is 88.9 Å². The van der Waals surface area contributed by atoms with Gasteiger partial charge < -0.3 is 15.4 Å². The molecule has 0 aromatic heterocycles. The second kappa shape index (κ2) is 10.7. The standard InChI is InChI=1S/C23H19ClN2O4S/c1-30-23(29)19-10-2-3-11-20(19)26-21(27)14-31-18-9-5-8-17(13-18)25-22(28)15-6-4-7-16(24)12-15/h2-13H,14H2,1H3,(H,25,28)(H,26,27). The number of nitrogens with one attached hydrogen (secondary N) is 2. The van der Waals surface area contributed by atoms with Gasteiger partial charge in [-0.3, -0.25) is 9.59 Å². The first-order valence-corrected chi connectivity index (χ1v) is 10.6. The van der Waals surface area contributed by atoms with E-state index in [9.17, 15) is 14.4 Å². The summed E-state index contributed by atoms with van der Waals surface area (Å²) in [5.41, 5.74) is 1.73. The highest BCUT2D eigenvalue weighted by atomic mass is 35.5. The molecule has 0 unspecified atom stereocenters. The van der Waals surface area contributed by atoms with Gasteiger partial charge in [-0.2, -0.15) is 0 Å². The number of carbonyl (C=O) groups excluding carboxylic acids is 3. The van der Waals surface area contributed by atoms with Crippen molar-refractivity contribution in [1.82, 2.24) is 0 Å². The van der Waals surface area contributed by atoms with E-state index in [1.807, 2.05) is 6.07 Å². The quantitative estimate of drug-likeness (QED) is 0.383. The van der Waals surface area contributed by atoms with E-state index in [4.69, 9.17) is 16.3 Å². The lowest BCUT2D eigenvalue weighted by Gasteiger charge is -2.10. The fourth-order valence-electron chi connectivity index (χ4n) is 2.71. The Morgan fingerprint density at radius 3 is 2.48 bits per heavy atom. The van der Waals surface area contributed by atoms with Crippen LogP contribution in [0.1, 0.15) is 20.7 Å². The Morgan fingerprint density at radius 1 is 0.935 bits per heavy atom. The summed E-state index contributed by atoms with van der Waals surface area (Å²) in [6.07, 6.45) is 0. The number of ether oxygens (including phenoxy) is 1. The first-order valence-electron chi connectivity index (χ1n) is 9.23. The average Bonchev–Trinajstić information content (AvgIpc) is 2.78. The van der Waals surface area contributed by atoms with Crippen molar-refractivity contribution in [3.8, 4) is 0 Å². The highest BCUT2D eigenvalue weighted by Crippen LogP contribution is 2.23. The van der Waals surface area contributed by atoms with Crippen LogP contribution in [0.3, 0.4) is 0 Å². The zero-order chi connectivity index (χ0) is 22.2. The Morgan fingerprint density at radius 2 is 1.71 bits per heavy atom. The van der Waals surface area contributed by atoms with Crippen molar-refractivity contribution in [1.29, 1.82) is 0 Å². The fourth-order valence-corrected chi connectivity index (χ4v) is 3.66. The topological polar surface area (TPSA) is 84.5 Å². The fraction of sp³-hybridized carbons (Fsp3) is 0.0870. The lowest BCUT2D eigenvalue weighted by atomic mass is 10.2. The molecule has 0 saturated heterocycles. The van der Waals surface area contributed by atoms with E-state index in [1.54, 1.807) is 66.7 Å². The summed E-state index contributed by atoms with van der Waals surface area (Å²) < 4.78 is 4.73. The minimum absolute atomic E-state index is 0.126. The normalized spacial score (nSPS) is 10.3. The Bertz CT molecular complexity index is 1120. The number of para-hydroxylation sites is 1. The van der Waals surface area contributed by atoms with Crippen molar-refractivity contribution < 1.29 is 19.1 Å². The molecule has 0 bridgehead atoms. The molecule has 3 rings (SSSR count). The highest BCUT2D eigenvalue weighted by Gasteiger charge is 2.13. The van der Waals surface area contributed by atoms with Gasteiger partial charge in [0.1, 0.15) is 0 Å². The third-order valence-corrected chi connectivity index (χ3v) is 5.38. The van der Waals surface area contributed by atoms with Gasteiger partial charge in [-0.1, -0.05) is 35.9 Å². The third kappa shape index (κ3) is 6.34. The van der Waals surface area contributed by atoms with E-state index in [-0.39, 0.29) is 23.1 Å². The highest BCUT2D eigenvalue weighted by molar-refractivity contribution is 8.00. The van der Waals surface area contributed by atoms with E-state index in [0.29, 0.717) is 22.0 Å². The summed E-state index contributed by atoms with van der Waals surface area (Å²) in [5.74, 6) is -0.940. The van der Waals surface area contributed by atoms with Gasteiger partial charge in [0.2, 0.25) is 5.91 Å². The summed E-state index contributed by atoms with van der Waals surface area (Å²) in [4.78, 5) is 37.4. The van der Waals surface area contributed by atoms with Crippen LogP contribution >= 0.6 is 23.4 Å². The number of amides is 2. The molecule has 2 amide bonds. The van der Waals surface area contributed by atoms with Crippen molar-refractivity contribution in [2.24, 2.45) is 0 Å². The van der Waals surface area contributed by atoms with Crippen LogP contribution in [-0.2, 0) is 9.53 Å². The van der Waals surface area contributed by atoms with Gasteiger partial charge in [0.05, 0.1) is 24.1 Å². The number of rotatable bonds is 7. The number of hydrogen-bond donors (Lipinski definition) is 2. The zero-order valence-corrected chi connectivity index (χ0v) is 18.1. The number of halogens is 1. The van der Waals surface area contributed by atoms with Crippen molar-refractivity contribution >= 4 is 52.5 Å². The van der Waals surface area contributed by atoms with Crippen LogP contribution in [-0.4, -0.2) is 30.6 Å². The predicted molar refractivity (Wildman–Crippen MR) is 123 cm³/mol. The van der Waals surface area contributed by atoms with E-state index in [0.717, 1.165) is 4.90 Å². The Balaban J connectivity index is 1.60. The van der Waals surface area contributed by atoms with Crippen LogP contribution < -0.4 is 10.6 Å². The van der Waals surface area contributed by atoms with Gasteiger partial charge >= 0.3 is 5.97 Å². The largest absolute Gasteiger partial charge is 0.465 e. The smallest absolute Gasteiger partial charge is 0.339 e. The lowest BCUT2D eigenvalue weighted by Crippen LogP contribution is -2.17. The number of benzene rings is 3. The van der Waals surface area contributed by atoms with Crippen LogP contribution in [0.25, 0.3) is 0 Å². The molecule has 8 heteroatoms. The molecule has 0 fully saturated rings. The van der Waals surface area contributed by atoms with E-state index in [1.165, 1.54) is 18.9 Å². The van der Waals surface area contributed by atoms with Crippen molar-refractivity contribution in [2.45, 2.75) is 4.90 Å². The van der Waals surface area contributed by atoms with Crippen LogP contribution in [0.15, 0.2) is 77.7 Å². The maximum atomic E-state index is 12.4. The van der Waals surface area contributed by atoms with Gasteiger partial charge in [-0.25, -0.2) is 4.79 Å². The van der Waals surface area contributed by atoms with E-state index in [2.05, 4.69) is 10.6 Å². The molecule has 0 heterocycles. The molecular weight excluding hydrogens is 436 g/mol. The Hall–Kier alpha value is -3.29.